The zero-order valence-electron chi connectivity index (χ0n) is 12.3. The predicted octanol–water partition coefficient (Wildman–Crippen LogP) is 3.85. The SMILES string of the molecule is CCC(C)Oc1cccc(Nc2ncc(C(=O)OC)s2)c1. The summed E-state index contributed by atoms with van der Waals surface area (Å²) < 4.78 is 10.4. The molecule has 0 amide bonds. The van der Waals surface area contributed by atoms with Crippen LogP contribution in [0.1, 0.15) is 29.9 Å². The number of hydrogen-bond acceptors (Lipinski definition) is 6. The van der Waals surface area contributed by atoms with Crippen LogP contribution >= 0.6 is 11.3 Å². The zero-order valence-corrected chi connectivity index (χ0v) is 13.1. The summed E-state index contributed by atoms with van der Waals surface area (Å²) in [6.45, 7) is 4.11. The molecular formula is C15H18N2O3S. The first-order valence-corrected chi connectivity index (χ1v) is 7.52. The first kappa shape index (κ1) is 15.3. The van der Waals surface area contributed by atoms with Crippen LogP contribution < -0.4 is 10.1 Å². The Hall–Kier alpha value is -2.08. The van der Waals surface area contributed by atoms with Gasteiger partial charge in [0.2, 0.25) is 0 Å². The maximum absolute atomic E-state index is 11.4. The molecule has 1 atom stereocenters. The molecule has 0 saturated heterocycles. The molecule has 0 fully saturated rings. The lowest BCUT2D eigenvalue weighted by molar-refractivity contribution is 0.0606. The van der Waals surface area contributed by atoms with Crippen LogP contribution in [0.25, 0.3) is 0 Å². The Morgan fingerprint density at radius 3 is 3.00 bits per heavy atom. The van der Waals surface area contributed by atoms with Crippen LogP contribution in [0.3, 0.4) is 0 Å². The Morgan fingerprint density at radius 2 is 2.29 bits per heavy atom. The van der Waals surface area contributed by atoms with Crippen LogP contribution in [-0.2, 0) is 4.74 Å². The summed E-state index contributed by atoms with van der Waals surface area (Å²) >= 11 is 1.25. The monoisotopic (exact) mass is 306 g/mol. The molecule has 0 bridgehead atoms. The van der Waals surface area contributed by atoms with E-state index in [1.54, 1.807) is 0 Å². The Kier molecular flexibility index (Phi) is 5.16. The van der Waals surface area contributed by atoms with E-state index < -0.39 is 0 Å². The van der Waals surface area contributed by atoms with E-state index in [0.717, 1.165) is 17.9 Å². The standard InChI is InChI=1S/C15H18N2O3S/c1-4-10(2)20-12-7-5-6-11(8-12)17-15-16-9-13(21-15)14(18)19-3/h5-10H,4H2,1-3H3,(H,16,17). The molecule has 112 valence electrons. The van der Waals surface area contributed by atoms with Crippen molar-refractivity contribution in [1.82, 2.24) is 4.98 Å². The largest absolute Gasteiger partial charge is 0.491 e. The first-order valence-electron chi connectivity index (χ1n) is 6.70. The van der Waals surface area contributed by atoms with Gasteiger partial charge in [0.05, 0.1) is 19.4 Å². The van der Waals surface area contributed by atoms with Crippen LogP contribution in [0.2, 0.25) is 0 Å². The number of nitrogens with one attached hydrogen (secondary N) is 1. The van der Waals surface area contributed by atoms with Crippen molar-refractivity contribution < 1.29 is 14.3 Å². The lowest BCUT2D eigenvalue weighted by atomic mass is 10.3. The number of nitrogens with zero attached hydrogens (tertiary/aromatic N) is 1. The number of ether oxygens (including phenoxy) is 2. The number of aromatic nitrogens is 1. The second kappa shape index (κ2) is 7.08. The smallest absolute Gasteiger partial charge is 0.349 e. The van der Waals surface area contributed by atoms with E-state index in [2.05, 4.69) is 22.0 Å². The van der Waals surface area contributed by atoms with Gasteiger partial charge in [0.25, 0.3) is 0 Å². The van der Waals surface area contributed by atoms with Gasteiger partial charge in [-0.1, -0.05) is 24.3 Å². The second-order valence-corrected chi connectivity index (χ2v) is 5.54. The van der Waals surface area contributed by atoms with Crippen molar-refractivity contribution in [2.75, 3.05) is 12.4 Å². The molecule has 0 radical (unpaired) electrons. The third-order valence-corrected chi connectivity index (χ3v) is 3.78. The molecule has 5 nitrogen and oxygen atoms in total. The number of benzene rings is 1. The molecule has 1 unspecified atom stereocenters. The molecule has 0 saturated carbocycles. The third-order valence-electron chi connectivity index (χ3n) is 2.89. The highest BCUT2D eigenvalue weighted by molar-refractivity contribution is 7.17. The highest BCUT2D eigenvalue weighted by Crippen LogP contribution is 2.25. The van der Waals surface area contributed by atoms with Crippen molar-refractivity contribution in [3.8, 4) is 5.75 Å². The second-order valence-electron chi connectivity index (χ2n) is 4.51. The Balaban J connectivity index is 2.07. The minimum Gasteiger partial charge on any atom is -0.491 e. The molecule has 1 N–H and O–H groups in total. The lowest BCUT2D eigenvalue weighted by Crippen LogP contribution is -2.09. The number of carbonyl (C=O) groups is 1. The van der Waals surface area contributed by atoms with Gasteiger partial charge in [0.1, 0.15) is 10.6 Å². The van der Waals surface area contributed by atoms with E-state index in [1.807, 2.05) is 31.2 Å². The third kappa shape index (κ3) is 4.19. The van der Waals surface area contributed by atoms with E-state index in [1.165, 1.54) is 24.6 Å². The van der Waals surface area contributed by atoms with Crippen molar-refractivity contribution in [2.24, 2.45) is 0 Å². The van der Waals surface area contributed by atoms with Gasteiger partial charge in [-0.3, -0.25) is 0 Å². The Labute approximate surface area is 127 Å². The average molecular weight is 306 g/mol. The van der Waals surface area contributed by atoms with Crippen molar-refractivity contribution in [3.63, 3.8) is 0 Å². The highest BCUT2D eigenvalue weighted by atomic mass is 32.1. The summed E-state index contributed by atoms with van der Waals surface area (Å²) in [5.74, 6) is 0.425. The first-order chi connectivity index (χ1) is 10.1. The molecule has 0 aliphatic rings. The highest BCUT2D eigenvalue weighted by Gasteiger charge is 2.10. The quantitative estimate of drug-likeness (QED) is 0.821. The number of methoxy groups -OCH3 is 1. The molecule has 0 aliphatic carbocycles. The van der Waals surface area contributed by atoms with Gasteiger partial charge in [-0.25, -0.2) is 9.78 Å². The number of rotatable bonds is 6. The number of hydrogen-bond donors (Lipinski definition) is 1. The molecule has 1 aromatic carbocycles. The van der Waals surface area contributed by atoms with Gasteiger partial charge >= 0.3 is 5.97 Å². The maximum atomic E-state index is 11.4. The number of anilines is 2. The summed E-state index contributed by atoms with van der Waals surface area (Å²) in [7, 11) is 1.35. The summed E-state index contributed by atoms with van der Waals surface area (Å²) in [5.41, 5.74) is 0.863. The molecule has 1 heterocycles. The Bertz CT molecular complexity index is 612. The lowest BCUT2D eigenvalue weighted by Gasteiger charge is -2.13. The fourth-order valence-electron chi connectivity index (χ4n) is 1.61. The zero-order chi connectivity index (χ0) is 15.2. The average Bonchev–Trinajstić information content (AvgIpc) is 2.95. The van der Waals surface area contributed by atoms with Crippen LogP contribution in [0.15, 0.2) is 30.5 Å². The van der Waals surface area contributed by atoms with E-state index in [4.69, 9.17) is 4.74 Å². The maximum Gasteiger partial charge on any atom is 0.349 e. The fourth-order valence-corrected chi connectivity index (χ4v) is 2.37. The number of esters is 1. The van der Waals surface area contributed by atoms with E-state index in [0.29, 0.717) is 10.0 Å². The predicted molar refractivity (Wildman–Crippen MR) is 83.6 cm³/mol. The molecule has 1 aromatic heterocycles. The van der Waals surface area contributed by atoms with Crippen LogP contribution in [0.5, 0.6) is 5.75 Å². The van der Waals surface area contributed by atoms with E-state index >= 15 is 0 Å². The molecule has 2 rings (SSSR count). The number of thiazole rings is 1. The number of carbonyl (C=O) groups excluding carboxylic acids is 1. The molecule has 21 heavy (non-hydrogen) atoms. The van der Waals surface area contributed by atoms with E-state index in [-0.39, 0.29) is 12.1 Å². The van der Waals surface area contributed by atoms with Crippen LogP contribution in [-0.4, -0.2) is 24.2 Å². The molecule has 0 aliphatic heterocycles. The normalized spacial score (nSPS) is 11.8. The van der Waals surface area contributed by atoms with Crippen molar-refractivity contribution >= 4 is 28.1 Å². The van der Waals surface area contributed by atoms with Gasteiger partial charge in [-0.05, 0) is 25.5 Å². The summed E-state index contributed by atoms with van der Waals surface area (Å²) in [5, 5.41) is 3.79. The Morgan fingerprint density at radius 1 is 1.48 bits per heavy atom. The summed E-state index contributed by atoms with van der Waals surface area (Å²) in [4.78, 5) is 16.0. The molecular weight excluding hydrogens is 288 g/mol. The van der Waals surface area contributed by atoms with Crippen LogP contribution in [0.4, 0.5) is 10.8 Å². The van der Waals surface area contributed by atoms with Crippen LogP contribution in [0, 0.1) is 0 Å². The van der Waals surface area contributed by atoms with Gasteiger partial charge < -0.3 is 14.8 Å². The van der Waals surface area contributed by atoms with Crippen molar-refractivity contribution in [3.05, 3.63) is 35.3 Å². The van der Waals surface area contributed by atoms with Gasteiger partial charge in [-0.15, -0.1) is 0 Å². The fraction of sp³-hybridized carbons (Fsp3) is 0.333. The molecule has 6 heteroatoms. The van der Waals surface area contributed by atoms with Crippen molar-refractivity contribution in [2.45, 2.75) is 26.4 Å². The minimum absolute atomic E-state index is 0.172. The summed E-state index contributed by atoms with van der Waals surface area (Å²) in [6, 6.07) is 7.65. The summed E-state index contributed by atoms with van der Waals surface area (Å²) in [6.07, 6.45) is 2.62. The van der Waals surface area contributed by atoms with E-state index in [9.17, 15) is 4.79 Å². The minimum atomic E-state index is -0.380. The molecule has 0 spiro atoms. The topological polar surface area (TPSA) is 60.5 Å². The van der Waals surface area contributed by atoms with Gasteiger partial charge in [0, 0.05) is 11.8 Å². The molecule has 2 aromatic rings. The van der Waals surface area contributed by atoms with Gasteiger partial charge in [0.15, 0.2) is 5.13 Å². The van der Waals surface area contributed by atoms with Gasteiger partial charge in [-0.2, -0.15) is 0 Å². The van der Waals surface area contributed by atoms with Crippen molar-refractivity contribution in [1.29, 1.82) is 0 Å².